The Morgan fingerprint density at radius 1 is 1.26 bits per heavy atom. The van der Waals surface area contributed by atoms with Crippen molar-refractivity contribution in [3.63, 3.8) is 0 Å². The van der Waals surface area contributed by atoms with Gasteiger partial charge in [-0.3, -0.25) is 4.79 Å². The van der Waals surface area contributed by atoms with Gasteiger partial charge in [0.15, 0.2) is 0 Å². The van der Waals surface area contributed by atoms with Gasteiger partial charge >= 0.3 is 0 Å². The Kier molecular flexibility index (Phi) is 3.51. The van der Waals surface area contributed by atoms with Crippen molar-refractivity contribution in [2.24, 2.45) is 5.92 Å². The van der Waals surface area contributed by atoms with E-state index in [1.165, 1.54) is 0 Å². The van der Waals surface area contributed by atoms with E-state index in [-0.39, 0.29) is 5.91 Å². The number of carbonyl (C=O) groups excluding carboxylic acids is 1. The molecule has 0 saturated carbocycles. The summed E-state index contributed by atoms with van der Waals surface area (Å²) < 4.78 is 0. The molecule has 1 aliphatic heterocycles. The van der Waals surface area contributed by atoms with Gasteiger partial charge in [-0.15, -0.1) is 0 Å². The summed E-state index contributed by atoms with van der Waals surface area (Å²) in [6.45, 7) is 2.91. The molecule has 2 aromatic rings. The van der Waals surface area contributed by atoms with E-state index in [1.54, 1.807) is 0 Å². The Morgan fingerprint density at radius 3 is 2.95 bits per heavy atom. The standard InChI is InChI=1S/C15H19N3O/c19-15(18-10-11-3-6-16-7-4-11)13-1-2-14-12(9-13)5-8-17-14/h1-2,5,8-9,11,16-17H,3-4,6-7,10H2,(H,18,19). The molecule has 2 heterocycles. The molecule has 0 spiro atoms. The van der Waals surface area contributed by atoms with Crippen LogP contribution in [0, 0.1) is 5.92 Å². The fraction of sp³-hybridized carbons (Fsp3) is 0.400. The van der Waals surface area contributed by atoms with Gasteiger partial charge in [0.2, 0.25) is 0 Å². The molecule has 0 bridgehead atoms. The fourth-order valence-electron chi connectivity index (χ4n) is 2.62. The van der Waals surface area contributed by atoms with E-state index in [9.17, 15) is 4.79 Å². The number of nitrogens with one attached hydrogen (secondary N) is 3. The Balaban J connectivity index is 1.62. The lowest BCUT2D eigenvalue weighted by atomic mass is 9.98. The van der Waals surface area contributed by atoms with Crippen LogP contribution in [0.2, 0.25) is 0 Å². The molecule has 3 N–H and O–H groups in total. The van der Waals surface area contributed by atoms with Gasteiger partial charge in [-0.2, -0.15) is 0 Å². The predicted molar refractivity (Wildman–Crippen MR) is 76.2 cm³/mol. The predicted octanol–water partition coefficient (Wildman–Crippen LogP) is 1.90. The number of H-pyrrole nitrogens is 1. The highest BCUT2D eigenvalue weighted by atomic mass is 16.1. The largest absolute Gasteiger partial charge is 0.361 e. The average molecular weight is 257 g/mol. The molecule has 0 radical (unpaired) electrons. The molecule has 0 atom stereocenters. The molecule has 1 amide bonds. The highest BCUT2D eigenvalue weighted by molar-refractivity contribution is 5.98. The van der Waals surface area contributed by atoms with Crippen LogP contribution in [0.15, 0.2) is 30.5 Å². The van der Waals surface area contributed by atoms with E-state index in [0.717, 1.165) is 48.9 Å². The monoisotopic (exact) mass is 257 g/mol. The number of amides is 1. The Labute approximate surface area is 112 Å². The summed E-state index contributed by atoms with van der Waals surface area (Å²) in [4.78, 5) is 15.2. The highest BCUT2D eigenvalue weighted by Crippen LogP contribution is 2.15. The lowest BCUT2D eigenvalue weighted by Crippen LogP contribution is -2.35. The van der Waals surface area contributed by atoms with Gasteiger partial charge in [0.05, 0.1) is 0 Å². The third-order valence-corrected chi connectivity index (χ3v) is 3.83. The molecule has 1 aromatic heterocycles. The molecule has 1 saturated heterocycles. The maximum absolute atomic E-state index is 12.1. The first-order valence-electron chi connectivity index (χ1n) is 6.89. The molecule has 1 aliphatic rings. The molecular weight excluding hydrogens is 238 g/mol. The van der Waals surface area contributed by atoms with Crippen LogP contribution in [0.3, 0.4) is 0 Å². The second-order valence-corrected chi connectivity index (χ2v) is 5.18. The van der Waals surface area contributed by atoms with Crippen molar-refractivity contribution in [2.45, 2.75) is 12.8 Å². The zero-order valence-electron chi connectivity index (χ0n) is 10.9. The van der Waals surface area contributed by atoms with Gasteiger partial charge in [0, 0.05) is 29.2 Å². The van der Waals surface area contributed by atoms with E-state index in [4.69, 9.17) is 0 Å². The Morgan fingerprint density at radius 2 is 2.11 bits per heavy atom. The maximum atomic E-state index is 12.1. The smallest absolute Gasteiger partial charge is 0.251 e. The summed E-state index contributed by atoms with van der Waals surface area (Å²) >= 11 is 0. The minimum Gasteiger partial charge on any atom is -0.361 e. The van der Waals surface area contributed by atoms with Crippen LogP contribution in [0.25, 0.3) is 10.9 Å². The number of aromatic nitrogens is 1. The zero-order chi connectivity index (χ0) is 13.1. The number of fused-ring (bicyclic) bond motifs is 1. The van der Waals surface area contributed by atoms with E-state index >= 15 is 0 Å². The summed E-state index contributed by atoms with van der Waals surface area (Å²) in [5.41, 5.74) is 1.80. The van der Waals surface area contributed by atoms with Crippen molar-refractivity contribution in [1.29, 1.82) is 0 Å². The number of aromatic amines is 1. The number of rotatable bonds is 3. The number of benzene rings is 1. The topological polar surface area (TPSA) is 56.9 Å². The van der Waals surface area contributed by atoms with Gasteiger partial charge in [0.1, 0.15) is 0 Å². The molecule has 0 unspecified atom stereocenters. The first-order chi connectivity index (χ1) is 9.33. The molecule has 19 heavy (non-hydrogen) atoms. The van der Waals surface area contributed by atoms with E-state index in [1.807, 2.05) is 30.5 Å². The van der Waals surface area contributed by atoms with Gasteiger partial charge < -0.3 is 15.6 Å². The number of hydrogen-bond acceptors (Lipinski definition) is 2. The van der Waals surface area contributed by atoms with Crippen LogP contribution in [0.4, 0.5) is 0 Å². The number of carbonyl (C=O) groups is 1. The van der Waals surface area contributed by atoms with Crippen molar-refractivity contribution < 1.29 is 4.79 Å². The van der Waals surface area contributed by atoms with Gasteiger partial charge in [-0.05, 0) is 56.1 Å². The number of piperidine rings is 1. The first kappa shape index (κ1) is 12.2. The lowest BCUT2D eigenvalue weighted by Gasteiger charge is -2.22. The number of hydrogen-bond donors (Lipinski definition) is 3. The third-order valence-electron chi connectivity index (χ3n) is 3.83. The van der Waals surface area contributed by atoms with Gasteiger partial charge in [-0.1, -0.05) is 0 Å². The highest BCUT2D eigenvalue weighted by Gasteiger charge is 2.14. The van der Waals surface area contributed by atoms with Crippen LogP contribution < -0.4 is 10.6 Å². The minimum atomic E-state index is 0.0293. The van der Waals surface area contributed by atoms with Crippen LogP contribution in [-0.4, -0.2) is 30.5 Å². The summed E-state index contributed by atoms with van der Waals surface area (Å²) in [5, 5.41) is 7.46. The van der Waals surface area contributed by atoms with Crippen molar-refractivity contribution >= 4 is 16.8 Å². The molecule has 3 rings (SSSR count). The quantitative estimate of drug-likeness (QED) is 0.786. The Bertz CT molecular complexity index is 570. The van der Waals surface area contributed by atoms with Crippen molar-refractivity contribution in [1.82, 2.24) is 15.6 Å². The van der Waals surface area contributed by atoms with Gasteiger partial charge in [-0.25, -0.2) is 0 Å². The van der Waals surface area contributed by atoms with E-state index < -0.39 is 0 Å². The molecule has 100 valence electrons. The summed E-state index contributed by atoms with van der Waals surface area (Å²) in [6, 6.07) is 7.74. The van der Waals surface area contributed by atoms with Gasteiger partial charge in [0.25, 0.3) is 5.91 Å². The fourth-order valence-corrected chi connectivity index (χ4v) is 2.62. The van der Waals surface area contributed by atoms with Crippen LogP contribution >= 0.6 is 0 Å². The molecule has 1 fully saturated rings. The maximum Gasteiger partial charge on any atom is 0.251 e. The second-order valence-electron chi connectivity index (χ2n) is 5.18. The van der Waals surface area contributed by atoms with Crippen molar-refractivity contribution in [3.05, 3.63) is 36.0 Å². The zero-order valence-corrected chi connectivity index (χ0v) is 10.9. The van der Waals surface area contributed by atoms with E-state index in [0.29, 0.717) is 5.92 Å². The SMILES string of the molecule is O=C(NCC1CCNCC1)c1ccc2[nH]ccc2c1. The van der Waals surface area contributed by atoms with Crippen LogP contribution in [0.1, 0.15) is 23.2 Å². The first-order valence-corrected chi connectivity index (χ1v) is 6.89. The Hall–Kier alpha value is -1.81. The summed E-state index contributed by atoms with van der Waals surface area (Å²) in [6.07, 6.45) is 4.19. The summed E-state index contributed by atoms with van der Waals surface area (Å²) in [5.74, 6) is 0.642. The average Bonchev–Trinajstić information content (AvgIpc) is 2.93. The lowest BCUT2D eigenvalue weighted by molar-refractivity contribution is 0.0944. The molecular formula is C15H19N3O. The minimum absolute atomic E-state index is 0.0293. The molecule has 4 nitrogen and oxygen atoms in total. The molecule has 4 heteroatoms. The van der Waals surface area contributed by atoms with E-state index in [2.05, 4.69) is 15.6 Å². The van der Waals surface area contributed by atoms with Crippen LogP contribution in [-0.2, 0) is 0 Å². The molecule has 1 aromatic carbocycles. The second kappa shape index (κ2) is 5.45. The van der Waals surface area contributed by atoms with Crippen LogP contribution in [0.5, 0.6) is 0 Å². The van der Waals surface area contributed by atoms with Crippen molar-refractivity contribution in [3.8, 4) is 0 Å². The molecule has 0 aliphatic carbocycles. The summed E-state index contributed by atoms with van der Waals surface area (Å²) in [7, 11) is 0. The normalized spacial score (nSPS) is 16.6. The third kappa shape index (κ3) is 2.79. The van der Waals surface area contributed by atoms with Crippen molar-refractivity contribution in [2.75, 3.05) is 19.6 Å².